The molecule has 0 saturated carbocycles. The van der Waals surface area contributed by atoms with Crippen molar-refractivity contribution < 1.29 is 33.0 Å². The number of aromatic nitrogens is 2. The Kier molecular flexibility index (Phi) is 8.07. The Morgan fingerprint density at radius 2 is 1.42 bits per heavy atom. The Balaban J connectivity index is 0.000000260. The van der Waals surface area contributed by atoms with Gasteiger partial charge in [-0.15, -0.1) is 0 Å². The van der Waals surface area contributed by atoms with Gasteiger partial charge in [0.25, 0.3) is 0 Å². The molecule has 2 aromatic heterocycles. The molecule has 0 radical (unpaired) electrons. The lowest BCUT2D eigenvalue weighted by molar-refractivity contribution is -0.140. The third-order valence-electron chi connectivity index (χ3n) is 3.04. The number of ether oxygens (including phenoxy) is 2. The zero-order chi connectivity index (χ0) is 19.7. The van der Waals surface area contributed by atoms with E-state index in [2.05, 4.69) is 19.4 Å². The molecule has 0 atom stereocenters. The summed E-state index contributed by atoms with van der Waals surface area (Å²) in [5.41, 5.74) is 0.813. The summed E-state index contributed by atoms with van der Waals surface area (Å²) in [6.45, 7) is 1.73. The average molecular weight is 368 g/mol. The maximum absolute atomic E-state index is 13.1. The van der Waals surface area contributed by atoms with Crippen molar-refractivity contribution in [2.75, 3.05) is 14.2 Å². The highest BCUT2D eigenvalue weighted by Crippen LogP contribution is 2.12. The summed E-state index contributed by atoms with van der Waals surface area (Å²) >= 11 is 0. The number of pyridine rings is 2. The van der Waals surface area contributed by atoms with Gasteiger partial charge < -0.3 is 14.6 Å². The van der Waals surface area contributed by atoms with Crippen LogP contribution >= 0.6 is 0 Å². The number of nitrogens with zero attached hydrogens (tertiary/aromatic N) is 2. The van der Waals surface area contributed by atoms with Crippen LogP contribution in [-0.2, 0) is 31.9 Å². The Labute approximate surface area is 148 Å². The van der Waals surface area contributed by atoms with Crippen molar-refractivity contribution in [3.63, 3.8) is 0 Å². The van der Waals surface area contributed by atoms with Crippen LogP contribution in [0.5, 0.6) is 5.75 Å². The van der Waals surface area contributed by atoms with E-state index in [9.17, 15) is 18.4 Å². The minimum Gasteiger partial charge on any atom is -0.506 e. The lowest BCUT2D eigenvalue weighted by Crippen LogP contribution is -2.08. The Morgan fingerprint density at radius 3 is 1.85 bits per heavy atom. The Hall–Kier alpha value is -3.10. The van der Waals surface area contributed by atoms with Crippen molar-refractivity contribution in [2.45, 2.75) is 19.8 Å². The van der Waals surface area contributed by atoms with E-state index in [1.165, 1.54) is 26.5 Å². The zero-order valence-corrected chi connectivity index (χ0v) is 14.5. The summed E-state index contributed by atoms with van der Waals surface area (Å²) < 4.78 is 34.7. The third kappa shape index (κ3) is 6.80. The quantitative estimate of drug-likeness (QED) is 0.823. The number of aromatic hydroxyl groups is 1. The van der Waals surface area contributed by atoms with Crippen LogP contribution in [0.1, 0.15) is 17.0 Å². The van der Waals surface area contributed by atoms with Crippen LogP contribution in [0.3, 0.4) is 0 Å². The topological polar surface area (TPSA) is 98.6 Å². The molecule has 2 aromatic rings. The smallest absolute Gasteiger partial charge is 0.311 e. The number of carbonyl (C=O) groups is 2. The van der Waals surface area contributed by atoms with Gasteiger partial charge in [-0.2, -0.15) is 0 Å². The molecule has 0 aromatic carbocycles. The summed E-state index contributed by atoms with van der Waals surface area (Å²) in [6, 6.07) is 2.23. The molecule has 0 aliphatic heterocycles. The van der Waals surface area contributed by atoms with Crippen LogP contribution < -0.4 is 0 Å². The van der Waals surface area contributed by atoms with E-state index in [0.717, 1.165) is 17.8 Å². The fourth-order valence-corrected chi connectivity index (χ4v) is 1.70. The summed E-state index contributed by atoms with van der Waals surface area (Å²) in [4.78, 5) is 28.8. The van der Waals surface area contributed by atoms with Gasteiger partial charge in [0.2, 0.25) is 0 Å². The van der Waals surface area contributed by atoms with Gasteiger partial charge in [-0.05, 0) is 18.6 Å². The Morgan fingerprint density at radius 1 is 0.962 bits per heavy atom. The predicted molar refractivity (Wildman–Crippen MR) is 86.2 cm³/mol. The predicted octanol–water partition coefficient (Wildman–Crippen LogP) is 1.89. The van der Waals surface area contributed by atoms with Crippen molar-refractivity contribution >= 4 is 11.9 Å². The second kappa shape index (κ2) is 10.0. The molecule has 0 bridgehead atoms. The number of methoxy groups -OCH3 is 2. The van der Waals surface area contributed by atoms with Crippen LogP contribution in [0.4, 0.5) is 8.78 Å². The first kappa shape index (κ1) is 20.9. The van der Waals surface area contributed by atoms with Gasteiger partial charge in [0, 0.05) is 12.3 Å². The normalized spacial score (nSPS) is 9.73. The van der Waals surface area contributed by atoms with Gasteiger partial charge in [-0.1, -0.05) is 0 Å². The fourth-order valence-electron chi connectivity index (χ4n) is 1.70. The van der Waals surface area contributed by atoms with E-state index in [-0.39, 0.29) is 30.0 Å². The van der Waals surface area contributed by atoms with Gasteiger partial charge in [0.05, 0.1) is 44.6 Å². The van der Waals surface area contributed by atoms with E-state index < -0.39 is 23.6 Å². The molecule has 0 aliphatic rings. The molecule has 0 amide bonds. The van der Waals surface area contributed by atoms with Gasteiger partial charge in [0.15, 0.2) is 0 Å². The third-order valence-corrected chi connectivity index (χ3v) is 3.04. The Bertz CT molecular complexity index is 718. The monoisotopic (exact) mass is 368 g/mol. The van der Waals surface area contributed by atoms with E-state index in [4.69, 9.17) is 5.11 Å². The van der Waals surface area contributed by atoms with E-state index in [1.54, 1.807) is 6.92 Å². The first-order valence-electron chi connectivity index (χ1n) is 7.34. The largest absolute Gasteiger partial charge is 0.506 e. The summed E-state index contributed by atoms with van der Waals surface area (Å²) in [5, 5.41) is 8.81. The van der Waals surface area contributed by atoms with Gasteiger partial charge in [0.1, 0.15) is 17.4 Å². The lowest BCUT2D eigenvalue weighted by Gasteiger charge is -2.01. The van der Waals surface area contributed by atoms with Crippen LogP contribution in [0.25, 0.3) is 0 Å². The molecule has 140 valence electrons. The highest BCUT2D eigenvalue weighted by Gasteiger charge is 2.10. The van der Waals surface area contributed by atoms with Gasteiger partial charge in [-0.25, -0.2) is 8.78 Å². The summed E-state index contributed by atoms with van der Waals surface area (Å²) in [5.74, 6) is -2.52. The number of rotatable bonds is 4. The van der Waals surface area contributed by atoms with E-state index in [0.29, 0.717) is 0 Å². The molecule has 9 heteroatoms. The van der Waals surface area contributed by atoms with Crippen molar-refractivity contribution in [1.29, 1.82) is 0 Å². The molecular weight excluding hydrogens is 350 g/mol. The van der Waals surface area contributed by atoms with Crippen LogP contribution in [0.15, 0.2) is 24.5 Å². The highest BCUT2D eigenvalue weighted by atomic mass is 19.1. The van der Waals surface area contributed by atoms with Gasteiger partial charge >= 0.3 is 11.9 Å². The SMILES string of the molecule is COC(=O)Cc1ncc(C)cc1F.COC(=O)Cc1ncc(O)cc1F. The number of aryl methyl sites for hydroxylation is 1. The zero-order valence-electron chi connectivity index (χ0n) is 14.5. The molecule has 2 rings (SSSR count). The van der Waals surface area contributed by atoms with E-state index in [1.807, 2.05) is 0 Å². The maximum Gasteiger partial charge on any atom is 0.311 e. The minimum atomic E-state index is -0.717. The molecule has 0 unspecified atom stereocenters. The molecule has 1 N–H and O–H groups in total. The highest BCUT2D eigenvalue weighted by molar-refractivity contribution is 5.72. The summed E-state index contributed by atoms with van der Waals surface area (Å²) in [6.07, 6.45) is 2.23. The van der Waals surface area contributed by atoms with Crippen LogP contribution in [0, 0.1) is 18.6 Å². The number of hydrogen-bond donors (Lipinski definition) is 1. The lowest BCUT2D eigenvalue weighted by atomic mass is 10.2. The molecular formula is C17H18F2N2O5. The molecule has 0 spiro atoms. The molecule has 0 fully saturated rings. The second-order valence-corrected chi connectivity index (χ2v) is 5.07. The van der Waals surface area contributed by atoms with Crippen LogP contribution in [0.2, 0.25) is 0 Å². The minimum absolute atomic E-state index is 0.0374. The van der Waals surface area contributed by atoms with Crippen molar-refractivity contribution in [2.24, 2.45) is 0 Å². The first-order chi connectivity index (χ1) is 12.3. The number of hydrogen-bond acceptors (Lipinski definition) is 7. The molecule has 0 saturated heterocycles. The molecule has 0 aliphatic carbocycles. The van der Waals surface area contributed by atoms with E-state index >= 15 is 0 Å². The van der Waals surface area contributed by atoms with Crippen LogP contribution in [-0.4, -0.2) is 41.2 Å². The first-order valence-corrected chi connectivity index (χ1v) is 7.34. The maximum atomic E-state index is 13.1. The average Bonchev–Trinajstić information content (AvgIpc) is 2.60. The fraction of sp³-hybridized carbons (Fsp3) is 0.294. The van der Waals surface area contributed by atoms with Crippen molar-refractivity contribution in [3.8, 4) is 5.75 Å². The second-order valence-electron chi connectivity index (χ2n) is 5.07. The number of halogens is 2. The molecule has 26 heavy (non-hydrogen) atoms. The summed E-state index contributed by atoms with van der Waals surface area (Å²) in [7, 11) is 2.47. The molecule has 7 nitrogen and oxygen atoms in total. The van der Waals surface area contributed by atoms with Gasteiger partial charge in [-0.3, -0.25) is 19.6 Å². The molecule has 2 heterocycles. The number of esters is 2. The van der Waals surface area contributed by atoms with Crippen molar-refractivity contribution in [1.82, 2.24) is 9.97 Å². The standard InChI is InChI=1S/C9H10FNO2.C8H8FNO3/c1-6-3-7(10)8(11-5-6)4-9(12)13-2;1-13-8(12)3-7-6(9)2-5(11)4-10-7/h3,5H,4H2,1-2H3;2,4,11H,3H2,1H3. The number of carbonyl (C=O) groups excluding carboxylic acids is 2. The van der Waals surface area contributed by atoms with Crippen molar-refractivity contribution in [3.05, 3.63) is 53.1 Å².